The number of amides is 1. The molecule has 1 amide bonds. The van der Waals surface area contributed by atoms with Crippen LogP contribution in [0.3, 0.4) is 0 Å². The van der Waals surface area contributed by atoms with E-state index in [0.717, 1.165) is 0 Å². The van der Waals surface area contributed by atoms with Crippen LogP contribution in [0.25, 0.3) is 0 Å². The monoisotopic (exact) mass is 147 g/mol. The fourth-order valence-corrected chi connectivity index (χ4v) is 0.249. The van der Waals surface area contributed by atoms with Crippen LogP contribution >= 0.6 is 0 Å². The molecule has 0 spiro atoms. The standard InChI is InChI=1S/C5H9NO2.C2H6.H2/c1-4(7)3-6-5(2)8;1-2;/h3H2,1-2H3,(H,6,8);1-2H3;1H. The summed E-state index contributed by atoms with van der Waals surface area (Å²) in [5.74, 6) is -0.194. The number of carbonyl (C=O) groups is 2. The molecule has 0 aliphatic rings. The van der Waals surface area contributed by atoms with Crippen molar-refractivity contribution in [2.45, 2.75) is 27.7 Å². The molecule has 0 aromatic rings. The normalized spacial score (nSPS) is 7.20. The average Bonchev–Trinajstić information content (AvgIpc) is 1.89. The van der Waals surface area contributed by atoms with Crippen LogP contribution in [0.1, 0.15) is 29.1 Å². The smallest absolute Gasteiger partial charge is 0.217 e. The molecule has 3 heteroatoms. The highest BCUT2D eigenvalue weighted by molar-refractivity contribution is 5.83. The van der Waals surface area contributed by atoms with Crippen molar-refractivity contribution in [3.63, 3.8) is 0 Å². The van der Waals surface area contributed by atoms with E-state index in [1.807, 2.05) is 13.8 Å². The number of ketones is 1. The summed E-state index contributed by atoms with van der Waals surface area (Å²) in [5, 5.41) is 2.36. The van der Waals surface area contributed by atoms with Gasteiger partial charge in [0, 0.05) is 8.35 Å². The molecule has 0 bridgehead atoms. The van der Waals surface area contributed by atoms with Crippen molar-refractivity contribution in [3.05, 3.63) is 0 Å². The van der Waals surface area contributed by atoms with Gasteiger partial charge >= 0.3 is 0 Å². The minimum atomic E-state index is -0.166. The Bertz CT molecular complexity index is 101. The fraction of sp³-hybridized carbons (Fsp3) is 0.714. The largest absolute Gasteiger partial charge is 0.349 e. The minimum absolute atomic E-state index is 0. The number of rotatable bonds is 2. The zero-order valence-corrected chi connectivity index (χ0v) is 7.02. The zero-order valence-electron chi connectivity index (χ0n) is 7.02. The van der Waals surface area contributed by atoms with E-state index in [-0.39, 0.29) is 19.7 Å². The summed E-state index contributed by atoms with van der Waals surface area (Å²) in [6.45, 7) is 6.95. The molecule has 0 aliphatic heterocycles. The van der Waals surface area contributed by atoms with Gasteiger partial charge in [-0.05, 0) is 6.92 Å². The zero-order chi connectivity index (χ0) is 8.57. The van der Waals surface area contributed by atoms with Gasteiger partial charge in [-0.25, -0.2) is 0 Å². The summed E-state index contributed by atoms with van der Waals surface area (Å²) in [7, 11) is 0. The van der Waals surface area contributed by atoms with Gasteiger partial charge in [0.2, 0.25) is 5.91 Å². The van der Waals surface area contributed by atoms with Crippen LogP contribution in [-0.2, 0) is 9.59 Å². The van der Waals surface area contributed by atoms with Crippen LogP contribution in [0.2, 0.25) is 0 Å². The van der Waals surface area contributed by atoms with Crippen LogP contribution in [-0.4, -0.2) is 18.2 Å². The molecule has 0 aromatic carbocycles. The SMILES string of the molecule is CC.CC(=O)CNC(C)=O.[HH]. The predicted octanol–water partition coefficient (Wildman–Crippen LogP) is 0.984. The van der Waals surface area contributed by atoms with Crippen LogP contribution in [0.15, 0.2) is 0 Å². The Labute approximate surface area is 63.3 Å². The molecule has 0 unspecified atom stereocenters. The van der Waals surface area contributed by atoms with E-state index in [2.05, 4.69) is 5.32 Å². The van der Waals surface area contributed by atoms with E-state index in [1.54, 1.807) is 0 Å². The maximum Gasteiger partial charge on any atom is 0.217 e. The molecule has 0 aromatic heterocycles. The van der Waals surface area contributed by atoms with Crippen LogP contribution in [0, 0.1) is 0 Å². The molecule has 0 saturated carbocycles. The third kappa shape index (κ3) is 15.7. The van der Waals surface area contributed by atoms with E-state index < -0.39 is 0 Å². The Kier molecular flexibility index (Phi) is 9.67. The van der Waals surface area contributed by atoms with E-state index >= 15 is 0 Å². The molecule has 0 saturated heterocycles. The Morgan fingerprint density at radius 3 is 1.80 bits per heavy atom. The van der Waals surface area contributed by atoms with Gasteiger partial charge in [-0.15, -0.1) is 0 Å². The maximum absolute atomic E-state index is 10.1. The van der Waals surface area contributed by atoms with Crippen LogP contribution in [0.4, 0.5) is 0 Å². The number of Topliss-reactive ketones (excluding diaryl/α,β-unsaturated/α-hetero) is 1. The summed E-state index contributed by atoms with van der Waals surface area (Å²) >= 11 is 0. The molecule has 0 fully saturated rings. The molecule has 1 N–H and O–H groups in total. The molecular weight excluding hydrogens is 130 g/mol. The molecular formula is C7H17NO2. The van der Waals surface area contributed by atoms with Crippen molar-refractivity contribution >= 4 is 11.7 Å². The Balaban J connectivity index is -0.000000196. The van der Waals surface area contributed by atoms with Crippen molar-refractivity contribution in [1.82, 2.24) is 5.32 Å². The van der Waals surface area contributed by atoms with Crippen molar-refractivity contribution in [2.75, 3.05) is 6.54 Å². The highest BCUT2D eigenvalue weighted by Crippen LogP contribution is 1.63. The summed E-state index contributed by atoms with van der Waals surface area (Å²) in [4.78, 5) is 20.2. The lowest BCUT2D eigenvalue weighted by molar-refractivity contribution is -0.123. The molecule has 0 rings (SSSR count). The second kappa shape index (κ2) is 8.14. The molecule has 62 valence electrons. The Morgan fingerprint density at radius 2 is 1.70 bits per heavy atom. The lowest BCUT2D eigenvalue weighted by atomic mass is 10.4. The number of nitrogens with one attached hydrogen (secondary N) is 1. The Morgan fingerprint density at radius 1 is 1.30 bits per heavy atom. The van der Waals surface area contributed by atoms with Crippen molar-refractivity contribution in [1.29, 1.82) is 0 Å². The highest BCUT2D eigenvalue weighted by atomic mass is 16.2. The summed E-state index contributed by atoms with van der Waals surface area (Å²) < 4.78 is 0. The van der Waals surface area contributed by atoms with Gasteiger partial charge in [-0.2, -0.15) is 0 Å². The highest BCUT2D eigenvalue weighted by Gasteiger charge is 1.91. The van der Waals surface area contributed by atoms with E-state index in [0.29, 0.717) is 0 Å². The number of carbonyl (C=O) groups excluding carboxylic acids is 2. The van der Waals surface area contributed by atoms with Crippen molar-refractivity contribution in [3.8, 4) is 0 Å². The van der Waals surface area contributed by atoms with Crippen molar-refractivity contribution in [2.24, 2.45) is 0 Å². The number of hydrogen-bond donors (Lipinski definition) is 1. The first kappa shape index (κ1) is 11.9. The van der Waals surface area contributed by atoms with Gasteiger partial charge in [-0.3, -0.25) is 9.59 Å². The van der Waals surface area contributed by atoms with Gasteiger partial charge in [0.05, 0.1) is 6.54 Å². The third-order valence-corrected chi connectivity index (χ3v) is 0.586. The van der Waals surface area contributed by atoms with Gasteiger partial charge in [0.1, 0.15) is 5.78 Å². The lowest BCUT2D eigenvalue weighted by Crippen LogP contribution is -2.25. The summed E-state index contributed by atoms with van der Waals surface area (Å²) in [5.41, 5.74) is 0. The summed E-state index contributed by atoms with van der Waals surface area (Å²) in [6, 6.07) is 0. The maximum atomic E-state index is 10.1. The topological polar surface area (TPSA) is 46.2 Å². The molecule has 0 heterocycles. The lowest BCUT2D eigenvalue weighted by Gasteiger charge is -1.93. The third-order valence-electron chi connectivity index (χ3n) is 0.586. The minimum Gasteiger partial charge on any atom is -0.349 e. The van der Waals surface area contributed by atoms with Gasteiger partial charge in [-0.1, -0.05) is 13.8 Å². The first-order valence-electron chi connectivity index (χ1n) is 3.37. The fourth-order valence-electron chi connectivity index (χ4n) is 0.249. The molecule has 0 aliphatic carbocycles. The van der Waals surface area contributed by atoms with Crippen LogP contribution < -0.4 is 5.32 Å². The van der Waals surface area contributed by atoms with Gasteiger partial charge in [0.25, 0.3) is 0 Å². The van der Waals surface area contributed by atoms with E-state index in [4.69, 9.17) is 0 Å². The average molecular weight is 147 g/mol. The quantitative estimate of drug-likeness (QED) is 0.633. The molecule has 3 nitrogen and oxygen atoms in total. The molecule has 10 heavy (non-hydrogen) atoms. The van der Waals surface area contributed by atoms with Gasteiger partial charge in [0.15, 0.2) is 0 Å². The first-order valence-corrected chi connectivity index (χ1v) is 3.37. The van der Waals surface area contributed by atoms with Crippen LogP contribution in [0.5, 0.6) is 0 Å². The number of hydrogen-bond acceptors (Lipinski definition) is 2. The second-order valence-corrected chi connectivity index (χ2v) is 1.61. The predicted molar refractivity (Wildman–Crippen MR) is 42.8 cm³/mol. The summed E-state index contributed by atoms with van der Waals surface area (Å²) in [6.07, 6.45) is 0. The van der Waals surface area contributed by atoms with Gasteiger partial charge < -0.3 is 5.32 Å². The van der Waals surface area contributed by atoms with Crippen molar-refractivity contribution < 1.29 is 11.0 Å². The molecule has 0 radical (unpaired) electrons. The second-order valence-electron chi connectivity index (χ2n) is 1.61. The molecule has 0 atom stereocenters. The van der Waals surface area contributed by atoms with E-state index in [1.165, 1.54) is 13.8 Å². The Hall–Kier alpha value is -0.860. The van der Waals surface area contributed by atoms with E-state index in [9.17, 15) is 9.59 Å². The first-order chi connectivity index (χ1) is 4.63.